The Kier molecular flexibility index (Phi) is 4.29. The molecule has 0 saturated carbocycles. The minimum atomic E-state index is -3.32. The monoisotopic (exact) mass is 298 g/mol. The van der Waals surface area contributed by atoms with Gasteiger partial charge in [0, 0.05) is 18.7 Å². The average Bonchev–Trinajstić information content (AvgIpc) is 2.40. The summed E-state index contributed by atoms with van der Waals surface area (Å²) >= 11 is 0. The number of rotatable bonds is 3. The van der Waals surface area contributed by atoms with Gasteiger partial charge in [0.2, 0.25) is 10.0 Å². The summed E-state index contributed by atoms with van der Waals surface area (Å²) in [6.45, 7) is 4.04. The zero-order chi connectivity index (χ0) is 14.8. The van der Waals surface area contributed by atoms with Crippen molar-refractivity contribution in [1.82, 2.24) is 4.90 Å². The third-order valence-corrected chi connectivity index (χ3v) is 3.66. The Hall–Kier alpha value is -1.60. The fourth-order valence-electron chi connectivity index (χ4n) is 2.06. The molecule has 0 unspecified atom stereocenters. The van der Waals surface area contributed by atoms with Gasteiger partial charge >= 0.3 is 0 Å². The van der Waals surface area contributed by atoms with E-state index in [2.05, 4.69) is 4.72 Å². The van der Waals surface area contributed by atoms with E-state index < -0.39 is 10.0 Å². The number of carbonyl (C=O) groups is 1. The average molecular weight is 298 g/mol. The number of anilines is 1. The number of sulfonamides is 1. The summed E-state index contributed by atoms with van der Waals surface area (Å²) in [7, 11) is -3.32. The van der Waals surface area contributed by atoms with Gasteiger partial charge in [0.25, 0.3) is 5.91 Å². The number of nitrogens with zero attached hydrogens (tertiary/aromatic N) is 1. The lowest BCUT2D eigenvalue weighted by Crippen LogP contribution is -2.40. The van der Waals surface area contributed by atoms with E-state index in [4.69, 9.17) is 4.74 Å². The highest BCUT2D eigenvalue weighted by molar-refractivity contribution is 7.92. The van der Waals surface area contributed by atoms with Crippen molar-refractivity contribution in [3.63, 3.8) is 0 Å². The van der Waals surface area contributed by atoms with E-state index in [1.54, 1.807) is 30.0 Å². The van der Waals surface area contributed by atoms with E-state index in [0.717, 1.165) is 11.8 Å². The maximum atomic E-state index is 12.3. The quantitative estimate of drug-likeness (QED) is 0.897. The van der Waals surface area contributed by atoms with Gasteiger partial charge in [-0.25, -0.2) is 8.42 Å². The minimum absolute atomic E-state index is 0.0534. The summed E-state index contributed by atoms with van der Waals surface area (Å²) in [6.07, 6.45) is 1.10. The molecule has 0 bridgehead atoms. The molecule has 1 heterocycles. The van der Waals surface area contributed by atoms with Crippen molar-refractivity contribution in [2.45, 2.75) is 6.92 Å². The number of morpholine rings is 1. The van der Waals surface area contributed by atoms with Gasteiger partial charge in [-0.3, -0.25) is 9.52 Å². The van der Waals surface area contributed by atoms with Crippen LogP contribution in [0.5, 0.6) is 0 Å². The number of benzene rings is 1. The number of ether oxygens (including phenoxy) is 1. The fraction of sp³-hybridized carbons (Fsp3) is 0.462. The third kappa shape index (κ3) is 3.71. The van der Waals surface area contributed by atoms with Crippen molar-refractivity contribution < 1.29 is 17.9 Å². The Morgan fingerprint density at radius 2 is 1.95 bits per heavy atom. The predicted molar refractivity (Wildman–Crippen MR) is 76.4 cm³/mol. The SMILES string of the molecule is Cc1cc(C(=O)N2CCOCC2)ccc1NS(C)(=O)=O. The molecule has 7 heteroatoms. The molecule has 1 amide bonds. The van der Waals surface area contributed by atoms with Crippen LogP contribution in [0.4, 0.5) is 5.69 Å². The van der Waals surface area contributed by atoms with Crippen molar-refractivity contribution in [1.29, 1.82) is 0 Å². The number of nitrogens with one attached hydrogen (secondary N) is 1. The zero-order valence-electron chi connectivity index (χ0n) is 11.5. The number of carbonyl (C=O) groups excluding carboxylic acids is 1. The molecule has 1 saturated heterocycles. The van der Waals surface area contributed by atoms with Crippen molar-refractivity contribution in [2.75, 3.05) is 37.3 Å². The molecule has 110 valence electrons. The van der Waals surface area contributed by atoms with Gasteiger partial charge < -0.3 is 9.64 Å². The maximum absolute atomic E-state index is 12.3. The van der Waals surface area contributed by atoms with E-state index in [0.29, 0.717) is 37.6 Å². The summed E-state index contributed by atoms with van der Waals surface area (Å²) < 4.78 is 30.1. The Morgan fingerprint density at radius 1 is 1.30 bits per heavy atom. The highest BCUT2D eigenvalue weighted by atomic mass is 32.2. The first-order valence-corrected chi connectivity index (χ1v) is 8.21. The van der Waals surface area contributed by atoms with Crippen LogP contribution in [0.25, 0.3) is 0 Å². The Morgan fingerprint density at radius 3 is 2.50 bits per heavy atom. The van der Waals surface area contributed by atoms with E-state index >= 15 is 0 Å². The van der Waals surface area contributed by atoms with E-state index in [9.17, 15) is 13.2 Å². The second-order valence-corrected chi connectivity index (χ2v) is 6.56. The second-order valence-electron chi connectivity index (χ2n) is 4.81. The predicted octanol–water partition coefficient (Wildman–Crippen LogP) is 0.839. The first-order valence-electron chi connectivity index (χ1n) is 6.32. The highest BCUT2D eigenvalue weighted by Crippen LogP contribution is 2.19. The minimum Gasteiger partial charge on any atom is -0.378 e. The third-order valence-electron chi connectivity index (χ3n) is 3.07. The lowest BCUT2D eigenvalue weighted by molar-refractivity contribution is 0.0303. The number of hydrogen-bond acceptors (Lipinski definition) is 4. The molecule has 6 nitrogen and oxygen atoms in total. The van der Waals surface area contributed by atoms with E-state index in [1.165, 1.54) is 0 Å². The number of amides is 1. The molecule has 20 heavy (non-hydrogen) atoms. The lowest BCUT2D eigenvalue weighted by Gasteiger charge is -2.27. The van der Waals surface area contributed by atoms with Gasteiger partial charge in [-0.1, -0.05) is 0 Å². The smallest absolute Gasteiger partial charge is 0.254 e. The maximum Gasteiger partial charge on any atom is 0.254 e. The summed E-state index contributed by atoms with van der Waals surface area (Å²) in [5, 5.41) is 0. The van der Waals surface area contributed by atoms with Gasteiger partial charge in [0.05, 0.1) is 25.2 Å². The van der Waals surface area contributed by atoms with Gasteiger partial charge in [0.1, 0.15) is 0 Å². The summed E-state index contributed by atoms with van der Waals surface area (Å²) in [5.41, 5.74) is 1.77. The normalized spacial score (nSPS) is 16.0. The number of hydrogen-bond donors (Lipinski definition) is 1. The molecule has 0 atom stereocenters. The van der Waals surface area contributed by atoms with Gasteiger partial charge in [-0.05, 0) is 30.7 Å². The molecule has 0 spiro atoms. The molecule has 1 aromatic carbocycles. The van der Waals surface area contributed by atoms with Gasteiger partial charge in [-0.2, -0.15) is 0 Å². The Labute approximate surface area is 118 Å². The molecule has 0 aliphatic carbocycles. The standard InChI is InChI=1S/C13H18N2O4S/c1-10-9-11(3-4-12(10)14-20(2,17)18)13(16)15-5-7-19-8-6-15/h3-4,9,14H,5-8H2,1-2H3. The van der Waals surface area contributed by atoms with Crippen molar-refractivity contribution in [2.24, 2.45) is 0 Å². The van der Waals surface area contributed by atoms with Crippen LogP contribution in [0.3, 0.4) is 0 Å². The van der Waals surface area contributed by atoms with Crippen LogP contribution in [0.15, 0.2) is 18.2 Å². The van der Waals surface area contributed by atoms with Crippen LogP contribution in [0.2, 0.25) is 0 Å². The molecule has 0 aromatic heterocycles. The van der Waals surface area contributed by atoms with Crippen molar-refractivity contribution in [3.8, 4) is 0 Å². The molecule has 2 rings (SSSR count). The van der Waals surface area contributed by atoms with Crippen LogP contribution in [-0.4, -0.2) is 51.8 Å². The highest BCUT2D eigenvalue weighted by Gasteiger charge is 2.19. The van der Waals surface area contributed by atoms with Crippen LogP contribution < -0.4 is 4.72 Å². The van der Waals surface area contributed by atoms with Crippen LogP contribution in [0.1, 0.15) is 15.9 Å². The summed E-state index contributed by atoms with van der Waals surface area (Å²) in [5.74, 6) is -0.0534. The molecular weight excluding hydrogens is 280 g/mol. The Balaban J connectivity index is 2.17. The first kappa shape index (κ1) is 14.8. The summed E-state index contributed by atoms with van der Waals surface area (Å²) in [4.78, 5) is 14.0. The lowest BCUT2D eigenvalue weighted by atomic mass is 10.1. The van der Waals surface area contributed by atoms with E-state index in [-0.39, 0.29) is 5.91 Å². The zero-order valence-corrected chi connectivity index (χ0v) is 12.4. The Bertz CT molecular complexity index is 607. The molecule has 1 aliphatic rings. The molecule has 1 aromatic rings. The van der Waals surface area contributed by atoms with Gasteiger partial charge in [0.15, 0.2) is 0 Å². The molecule has 1 fully saturated rings. The van der Waals surface area contributed by atoms with Crippen molar-refractivity contribution in [3.05, 3.63) is 29.3 Å². The van der Waals surface area contributed by atoms with E-state index in [1.807, 2.05) is 0 Å². The second kappa shape index (κ2) is 5.80. The molecule has 1 N–H and O–H groups in total. The van der Waals surface area contributed by atoms with Crippen LogP contribution >= 0.6 is 0 Å². The summed E-state index contributed by atoms with van der Waals surface area (Å²) in [6, 6.07) is 4.95. The molecule has 1 aliphatic heterocycles. The van der Waals surface area contributed by atoms with Crippen LogP contribution in [-0.2, 0) is 14.8 Å². The molecule has 0 radical (unpaired) electrons. The molecular formula is C13H18N2O4S. The largest absolute Gasteiger partial charge is 0.378 e. The fourth-order valence-corrected chi connectivity index (χ4v) is 2.69. The van der Waals surface area contributed by atoms with Crippen LogP contribution in [0, 0.1) is 6.92 Å². The first-order chi connectivity index (χ1) is 9.37. The number of aryl methyl sites for hydroxylation is 1. The van der Waals surface area contributed by atoms with Crippen molar-refractivity contribution >= 4 is 21.6 Å². The van der Waals surface area contributed by atoms with Gasteiger partial charge in [-0.15, -0.1) is 0 Å². The topological polar surface area (TPSA) is 75.7 Å².